The molecule has 0 heterocycles. The van der Waals surface area contributed by atoms with E-state index in [0.29, 0.717) is 0 Å². The highest BCUT2D eigenvalue weighted by atomic mass is 35.5. The van der Waals surface area contributed by atoms with Crippen LogP contribution < -0.4 is 4.90 Å². The molecule has 0 spiro atoms. The predicted molar refractivity (Wildman–Crippen MR) is 209 cm³/mol. The normalized spacial score (nSPS) is 13.4. The Labute approximate surface area is 291 Å². The summed E-state index contributed by atoms with van der Waals surface area (Å²) in [5, 5.41) is 5.82. The smallest absolute Gasteiger partial charge is 0.0540 e. The quantitative estimate of drug-likeness (QED) is 0.184. The zero-order valence-corrected chi connectivity index (χ0v) is 28.1. The van der Waals surface area contributed by atoms with Crippen molar-refractivity contribution in [3.05, 3.63) is 174 Å². The van der Waals surface area contributed by atoms with Crippen LogP contribution in [-0.4, -0.2) is 0 Å². The molecule has 0 aliphatic heterocycles. The molecule has 0 unspecified atom stereocenters. The Morgan fingerprint density at radius 3 is 1.92 bits per heavy atom. The van der Waals surface area contributed by atoms with Gasteiger partial charge < -0.3 is 4.90 Å². The van der Waals surface area contributed by atoms with Crippen molar-refractivity contribution in [3.8, 4) is 44.5 Å². The van der Waals surface area contributed by atoms with Gasteiger partial charge in [0.15, 0.2) is 0 Å². The van der Waals surface area contributed by atoms with Gasteiger partial charge in [-0.1, -0.05) is 141 Å². The minimum Gasteiger partial charge on any atom is -0.310 e. The summed E-state index contributed by atoms with van der Waals surface area (Å²) in [6.07, 6.45) is 0. The van der Waals surface area contributed by atoms with Crippen LogP contribution in [0.4, 0.5) is 17.1 Å². The third-order valence-corrected chi connectivity index (χ3v) is 11.1. The molecule has 2 aliphatic carbocycles. The molecule has 0 bridgehead atoms. The molecule has 8 aromatic rings. The van der Waals surface area contributed by atoms with E-state index in [9.17, 15) is 0 Å². The first kappa shape index (κ1) is 28.4. The molecule has 0 saturated heterocycles. The Morgan fingerprint density at radius 1 is 0.469 bits per heavy atom. The van der Waals surface area contributed by atoms with Gasteiger partial charge in [0.05, 0.1) is 5.69 Å². The van der Waals surface area contributed by atoms with Gasteiger partial charge in [0.2, 0.25) is 0 Å². The van der Waals surface area contributed by atoms with Crippen LogP contribution in [-0.2, 0) is 5.41 Å². The summed E-state index contributed by atoms with van der Waals surface area (Å²) in [4.78, 5) is 2.41. The van der Waals surface area contributed by atoms with Crippen molar-refractivity contribution in [2.75, 3.05) is 4.90 Å². The van der Waals surface area contributed by atoms with Gasteiger partial charge in [-0.15, -0.1) is 0 Å². The Balaban J connectivity index is 1.13. The fraction of sp³-hybridized carbons (Fsp3) is 0.0638. The highest BCUT2D eigenvalue weighted by Gasteiger charge is 2.37. The average Bonchev–Trinajstić information content (AvgIpc) is 3.59. The number of benzene rings is 8. The average molecular weight is 646 g/mol. The van der Waals surface area contributed by atoms with Crippen LogP contribution in [0.25, 0.3) is 66.1 Å². The fourth-order valence-corrected chi connectivity index (χ4v) is 8.79. The first-order chi connectivity index (χ1) is 24.0. The molecule has 8 aromatic carbocycles. The van der Waals surface area contributed by atoms with E-state index in [1.165, 1.54) is 66.1 Å². The van der Waals surface area contributed by atoms with Crippen molar-refractivity contribution in [1.29, 1.82) is 0 Å². The lowest BCUT2D eigenvalue weighted by Gasteiger charge is -2.28. The first-order valence-corrected chi connectivity index (χ1v) is 17.3. The van der Waals surface area contributed by atoms with Crippen LogP contribution in [0.1, 0.15) is 25.0 Å². The maximum absolute atomic E-state index is 7.08. The zero-order valence-electron chi connectivity index (χ0n) is 27.3. The lowest BCUT2D eigenvalue weighted by atomic mass is 9.81. The molecule has 0 atom stereocenters. The molecule has 232 valence electrons. The van der Waals surface area contributed by atoms with Gasteiger partial charge in [0.25, 0.3) is 0 Å². The third kappa shape index (κ3) is 4.13. The minimum absolute atomic E-state index is 0.117. The lowest BCUT2D eigenvalue weighted by Crippen LogP contribution is -2.15. The van der Waals surface area contributed by atoms with Crippen LogP contribution >= 0.6 is 11.6 Å². The van der Waals surface area contributed by atoms with Crippen LogP contribution in [0.2, 0.25) is 5.02 Å². The van der Waals surface area contributed by atoms with Gasteiger partial charge in [0, 0.05) is 32.8 Å². The van der Waals surface area contributed by atoms with E-state index in [4.69, 9.17) is 11.6 Å². The standard InChI is InChI=1S/C47H32ClN/c1-47(2)41-17-8-7-14-39(41)46-42(47)27-32(28-43(46)48)30-18-21-33(22-19-30)49(34-23-20-29-10-3-4-11-31(29)26-34)44-25-24-38-36-13-6-5-12-35(36)37-15-9-16-40(44)45(37)38/h3-28H,1-2H3. The monoisotopic (exact) mass is 645 g/mol. The first-order valence-electron chi connectivity index (χ1n) is 17.0. The van der Waals surface area contributed by atoms with Crippen molar-refractivity contribution >= 4 is 50.2 Å². The Morgan fingerprint density at radius 2 is 1.12 bits per heavy atom. The number of rotatable bonds is 4. The second kappa shape index (κ2) is 10.4. The molecule has 1 nitrogen and oxygen atoms in total. The summed E-state index contributed by atoms with van der Waals surface area (Å²) in [6.45, 7) is 4.61. The van der Waals surface area contributed by atoms with Gasteiger partial charge >= 0.3 is 0 Å². The number of anilines is 3. The molecular weight excluding hydrogens is 614 g/mol. The summed E-state index contributed by atoms with van der Waals surface area (Å²) in [6, 6.07) is 57.6. The van der Waals surface area contributed by atoms with Crippen molar-refractivity contribution in [1.82, 2.24) is 0 Å². The Bertz CT molecular complexity index is 2620. The van der Waals surface area contributed by atoms with E-state index >= 15 is 0 Å². The fourth-order valence-electron chi connectivity index (χ4n) is 8.47. The van der Waals surface area contributed by atoms with E-state index in [0.717, 1.165) is 33.2 Å². The Kier molecular flexibility index (Phi) is 6.04. The maximum Gasteiger partial charge on any atom is 0.0540 e. The molecular formula is C47H32ClN. The van der Waals surface area contributed by atoms with Gasteiger partial charge in [-0.25, -0.2) is 0 Å². The van der Waals surface area contributed by atoms with Gasteiger partial charge in [-0.3, -0.25) is 0 Å². The third-order valence-electron chi connectivity index (χ3n) is 10.8. The van der Waals surface area contributed by atoms with Crippen molar-refractivity contribution < 1.29 is 0 Å². The number of hydrogen-bond donors (Lipinski definition) is 0. The van der Waals surface area contributed by atoms with Crippen molar-refractivity contribution in [3.63, 3.8) is 0 Å². The van der Waals surface area contributed by atoms with Crippen LogP contribution in [0.15, 0.2) is 158 Å². The molecule has 0 N–H and O–H groups in total. The lowest BCUT2D eigenvalue weighted by molar-refractivity contribution is 0.660. The highest BCUT2D eigenvalue weighted by molar-refractivity contribution is 6.34. The number of fused-ring (bicyclic) bond motifs is 7. The molecule has 10 rings (SSSR count). The largest absolute Gasteiger partial charge is 0.310 e. The molecule has 0 saturated carbocycles. The summed E-state index contributed by atoms with van der Waals surface area (Å²) >= 11 is 7.08. The van der Waals surface area contributed by atoms with E-state index in [1.54, 1.807) is 0 Å². The van der Waals surface area contributed by atoms with Crippen molar-refractivity contribution in [2.45, 2.75) is 19.3 Å². The van der Waals surface area contributed by atoms with E-state index in [1.807, 2.05) is 0 Å². The summed E-state index contributed by atoms with van der Waals surface area (Å²) < 4.78 is 0. The van der Waals surface area contributed by atoms with Crippen LogP contribution in [0.5, 0.6) is 0 Å². The molecule has 2 heteroatoms. The van der Waals surface area contributed by atoms with Crippen LogP contribution in [0.3, 0.4) is 0 Å². The summed E-state index contributed by atoms with van der Waals surface area (Å²) in [5.74, 6) is 0. The van der Waals surface area contributed by atoms with Gasteiger partial charge in [-0.05, 0) is 109 Å². The molecule has 0 aromatic heterocycles. The maximum atomic E-state index is 7.08. The predicted octanol–water partition coefficient (Wildman–Crippen LogP) is 13.7. The van der Waals surface area contributed by atoms with Gasteiger partial charge in [-0.2, -0.15) is 0 Å². The zero-order chi connectivity index (χ0) is 32.9. The number of hydrogen-bond acceptors (Lipinski definition) is 1. The number of nitrogens with zero attached hydrogens (tertiary/aromatic N) is 1. The summed E-state index contributed by atoms with van der Waals surface area (Å²) in [7, 11) is 0. The highest BCUT2D eigenvalue weighted by Crippen LogP contribution is 2.53. The van der Waals surface area contributed by atoms with Gasteiger partial charge in [0.1, 0.15) is 0 Å². The van der Waals surface area contributed by atoms with E-state index < -0.39 is 0 Å². The topological polar surface area (TPSA) is 3.24 Å². The minimum atomic E-state index is -0.117. The SMILES string of the molecule is CC1(C)c2ccccc2-c2c(Cl)cc(-c3ccc(N(c4ccc5ccccc5c4)c4ccc5c6c(cccc46)-c4ccccc4-5)cc3)cc21. The molecule has 0 amide bonds. The van der Waals surface area contributed by atoms with Crippen LogP contribution in [0, 0.1) is 0 Å². The van der Waals surface area contributed by atoms with E-state index in [2.05, 4.69) is 176 Å². The Hall–Kier alpha value is -5.63. The molecule has 2 aliphatic rings. The summed E-state index contributed by atoms with van der Waals surface area (Å²) in [5.41, 5.74) is 15.8. The van der Waals surface area contributed by atoms with Crippen molar-refractivity contribution in [2.24, 2.45) is 0 Å². The number of halogens is 1. The second-order valence-corrected chi connectivity index (χ2v) is 14.3. The van der Waals surface area contributed by atoms with E-state index in [-0.39, 0.29) is 5.41 Å². The molecule has 49 heavy (non-hydrogen) atoms. The molecule has 0 fully saturated rings. The molecule has 0 radical (unpaired) electrons. The second-order valence-electron chi connectivity index (χ2n) is 13.9.